The fraction of sp³-hybridized carbons (Fsp3) is 0.900. The molecule has 3 unspecified atom stereocenters. The van der Waals surface area contributed by atoms with Crippen molar-refractivity contribution >= 4 is 21.9 Å². The summed E-state index contributed by atoms with van der Waals surface area (Å²) in [4.78, 5) is 19.1. The molecule has 174 valence electrons. The second-order valence-electron chi connectivity index (χ2n) is 9.56. The van der Waals surface area contributed by atoms with Crippen molar-refractivity contribution < 1.29 is 22.7 Å². The van der Waals surface area contributed by atoms with E-state index in [1.165, 1.54) is 0 Å². The number of hydrogen-bond donors (Lipinski definition) is 2. The van der Waals surface area contributed by atoms with Crippen LogP contribution in [-0.4, -0.2) is 80.0 Å². The van der Waals surface area contributed by atoms with Crippen LogP contribution < -0.4 is 10.6 Å². The minimum atomic E-state index is -2.92. The van der Waals surface area contributed by atoms with Crippen molar-refractivity contribution in [3.05, 3.63) is 0 Å². The van der Waals surface area contributed by atoms with Crippen LogP contribution in [0.15, 0.2) is 4.99 Å². The highest BCUT2D eigenvalue weighted by Crippen LogP contribution is 2.33. The van der Waals surface area contributed by atoms with Crippen LogP contribution in [0.3, 0.4) is 0 Å². The van der Waals surface area contributed by atoms with E-state index in [1.807, 2.05) is 48.5 Å². The van der Waals surface area contributed by atoms with Gasteiger partial charge < -0.3 is 20.1 Å². The Morgan fingerprint density at radius 2 is 1.97 bits per heavy atom. The smallest absolute Gasteiger partial charge is 0.412 e. The van der Waals surface area contributed by atoms with Crippen LogP contribution >= 0.6 is 0 Å². The number of aliphatic imine (C=N–C) groups is 1. The van der Waals surface area contributed by atoms with Crippen LogP contribution in [0.5, 0.6) is 0 Å². The molecule has 0 radical (unpaired) electrons. The van der Waals surface area contributed by atoms with Gasteiger partial charge in [0.05, 0.1) is 23.7 Å². The van der Waals surface area contributed by atoms with Crippen molar-refractivity contribution in [1.29, 1.82) is 0 Å². The van der Waals surface area contributed by atoms with Crippen LogP contribution in [0.2, 0.25) is 0 Å². The molecule has 2 N–H and O–H groups in total. The first kappa shape index (κ1) is 24.7. The Balaban J connectivity index is 2.06. The summed E-state index contributed by atoms with van der Waals surface area (Å²) in [5.74, 6) is 1.09. The lowest BCUT2D eigenvalue weighted by molar-refractivity contribution is -0.0755. The van der Waals surface area contributed by atoms with Gasteiger partial charge >= 0.3 is 6.09 Å². The highest BCUT2D eigenvalue weighted by Gasteiger charge is 2.49. The molecule has 2 rings (SSSR count). The van der Waals surface area contributed by atoms with Crippen LogP contribution in [0.1, 0.15) is 54.9 Å². The van der Waals surface area contributed by atoms with Gasteiger partial charge in [0.25, 0.3) is 0 Å². The second kappa shape index (κ2) is 9.30. The summed E-state index contributed by atoms with van der Waals surface area (Å²) >= 11 is 0. The molecule has 0 saturated carbocycles. The van der Waals surface area contributed by atoms with Gasteiger partial charge in [-0.25, -0.2) is 13.2 Å². The van der Waals surface area contributed by atoms with E-state index >= 15 is 0 Å². The molecule has 3 atom stereocenters. The molecule has 2 fully saturated rings. The summed E-state index contributed by atoms with van der Waals surface area (Å²) in [6.45, 7) is 14.7. The van der Waals surface area contributed by atoms with Crippen molar-refractivity contribution in [3.63, 3.8) is 0 Å². The van der Waals surface area contributed by atoms with Crippen LogP contribution in [0.25, 0.3) is 0 Å². The van der Waals surface area contributed by atoms with Crippen molar-refractivity contribution in [2.45, 2.75) is 78.4 Å². The average Bonchev–Trinajstić information content (AvgIpc) is 3.03. The Bertz CT molecular complexity index is 745. The van der Waals surface area contributed by atoms with E-state index in [0.29, 0.717) is 32.0 Å². The molecule has 0 aromatic rings. The van der Waals surface area contributed by atoms with Crippen LogP contribution in [0, 0.1) is 5.92 Å². The van der Waals surface area contributed by atoms with Gasteiger partial charge in [-0.15, -0.1) is 0 Å². The number of nitrogens with one attached hydrogen (secondary N) is 2. The Morgan fingerprint density at radius 3 is 2.50 bits per heavy atom. The summed E-state index contributed by atoms with van der Waals surface area (Å²) in [7, 11) is -2.92. The minimum absolute atomic E-state index is 0.0522. The number of guanidine groups is 1. The molecule has 1 amide bonds. The predicted molar refractivity (Wildman–Crippen MR) is 117 cm³/mol. The fourth-order valence-electron chi connectivity index (χ4n) is 3.90. The normalized spacial score (nSPS) is 28.4. The number of carbonyl (C=O) groups excluding carboxylic acids is 1. The summed E-state index contributed by atoms with van der Waals surface area (Å²) in [6, 6.07) is -0.245. The molecule has 2 heterocycles. The Hall–Kier alpha value is -1.55. The first-order chi connectivity index (χ1) is 13.7. The maximum atomic E-state index is 12.9. The van der Waals surface area contributed by atoms with Gasteiger partial charge in [-0.3, -0.25) is 9.89 Å². The summed E-state index contributed by atoms with van der Waals surface area (Å²) in [5, 5.41) is 6.47. The van der Waals surface area contributed by atoms with Gasteiger partial charge in [0.2, 0.25) is 0 Å². The largest absolute Gasteiger partial charge is 0.444 e. The maximum Gasteiger partial charge on any atom is 0.412 e. The molecule has 0 aromatic heterocycles. The lowest BCUT2D eigenvalue weighted by Crippen LogP contribution is -2.54. The molecular weight excluding hydrogens is 408 g/mol. The molecule has 9 nitrogen and oxygen atoms in total. The minimum Gasteiger partial charge on any atom is -0.444 e. The van der Waals surface area contributed by atoms with Gasteiger partial charge in [-0.2, -0.15) is 0 Å². The zero-order valence-electron chi connectivity index (χ0n) is 19.3. The van der Waals surface area contributed by atoms with E-state index in [9.17, 15) is 13.2 Å². The SMILES string of the molecule is CCNC(=NCC1CCS(=O)(=O)C1)NCC1C(C)OC(C)(C)N1C(=O)OC(C)(C)C. The standard InChI is InChI=1S/C20H38N4O5S/c1-8-21-17(22-11-15-9-10-30(26,27)13-15)23-12-16-14(2)28-20(6,7)24(16)18(25)29-19(3,4)5/h14-16H,8-13H2,1-7H3,(H2,21,22,23). The highest BCUT2D eigenvalue weighted by molar-refractivity contribution is 7.91. The average molecular weight is 447 g/mol. The van der Waals surface area contributed by atoms with E-state index < -0.39 is 27.3 Å². The third-order valence-corrected chi connectivity index (χ3v) is 7.01. The number of rotatable bonds is 5. The fourth-order valence-corrected chi connectivity index (χ4v) is 5.75. The number of carbonyl (C=O) groups is 1. The first-order valence-electron chi connectivity index (χ1n) is 10.7. The summed E-state index contributed by atoms with van der Waals surface area (Å²) in [6.07, 6.45) is 0.0453. The Labute approximate surface area is 180 Å². The molecule has 0 aliphatic carbocycles. The van der Waals surface area contributed by atoms with Gasteiger partial charge in [0, 0.05) is 19.6 Å². The highest BCUT2D eigenvalue weighted by atomic mass is 32.2. The molecule has 30 heavy (non-hydrogen) atoms. The van der Waals surface area contributed by atoms with Crippen LogP contribution in [0.4, 0.5) is 4.79 Å². The van der Waals surface area contributed by atoms with Gasteiger partial charge in [0.15, 0.2) is 15.8 Å². The number of amides is 1. The zero-order valence-corrected chi connectivity index (χ0v) is 20.1. The summed E-state index contributed by atoms with van der Waals surface area (Å²) in [5.41, 5.74) is -1.39. The third-order valence-electron chi connectivity index (χ3n) is 5.18. The molecule has 2 aliphatic heterocycles. The first-order valence-corrected chi connectivity index (χ1v) is 12.5. The molecule has 2 aliphatic rings. The topological polar surface area (TPSA) is 109 Å². The Kier molecular flexibility index (Phi) is 7.66. The van der Waals surface area contributed by atoms with Crippen molar-refractivity contribution in [2.75, 3.05) is 31.1 Å². The van der Waals surface area contributed by atoms with E-state index in [4.69, 9.17) is 9.47 Å². The van der Waals surface area contributed by atoms with E-state index in [1.54, 1.807) is 4.90 Å². The number of sulfone groups is 1. The van der Waals surface area contributed by atoms with E-state index in [2.05, 4.69) is 15.6 Å². The van der Waals surface area contributed by atoms with Crippen molar-refractivity contribution in [2.24, 2.45) is 10.9 Å². The van der Waals surface area contributed by atoms with Gasteiger partial charge in [-0.1, -0.05) is 0 Å². The maximum absolute atomic E-state index is 12.9. The van der Waals surface area contributed by atoms with Crippen molar-refractivity contribution in [3.8, 4) is 0 Å². The number of hydrogen-bond acceptors (Lipinski definition) is 6. The number of ether oxygens (including phenoxy) is 2. The number of nitrogens with zero attached hydrogens (tertiary/aromatic N) is 2. The molecule has 0 aromatic carbocycles. The zero-order chi connectivity index (χ0) is 22.7. The van der Waals surface area contributed by atoms with Crippen LogP contribution in [-0.2, 0) is 19.3 Å². The Morgan fingerprint density at radius 1 is 1.30 bits per heavy atom. The molecular formula is C20H38N4O5S. The predicted octanol–water partition coefficient (Wildman–Crippen LogP) is 1.74. The molecule has 10 heteroatoms. The molecule has 0 spiro atoms. The van der Waals surface area contributed by atoms with E-state index in [-0.39, 0.29) is 29.6 Å². The van der Waals surface area contributed by atoms with Gasteiger partial charge in [0.1, 0.15) is 11.3 Å². The molecule has 0 bridgehead atoms. The quantitative estimate of drug-likeness (QED) is 0.489. The van der Waals surface area contributed by atoms with Crippen molar-refractivity contribution in [1.82, 2.24) is 15.5 Å². The lowest BCUT2D eigenvalue weighted by Gasteiger charge is -2.35. The lowest BCUT2D eigenvalue weighted by atomic mass is 10.1. The third kappa shape index (κ3) is 6.73. The molecule has 2 saturated heterocycles. The van der Waals surface area contributed by atoms with Gasteiger partial charge in [-0.05, 0) is 60.8 Å². The van der Waals surface area contributed by atoms with E-state index in [0.717, 1.165) is 0 Å². The summed E-state index contributed by atoms with van der Waals surface area (Å²) < 4.78 is 35.0. The monoisotopic (exact) mass is 446 g/mol. The second-order valence-corrected chi connectivity index (χ2v) is 11.8.